The third-order valence-electron chi connectivity index (χ3n) is 5.05. The van der Waals surface area contributed by atoms with E-state index in [1.165, 1.54) is 0 Å². The van der Waals surface area contributed by atoms with Crippen molar-refractivity contribution in [2.45, 2.75) is 13.8 Å². The van der Waals surface area contributed by atoms with Crippen molar-refractivity contribution in [3.63, 3.8) is 0 Å². The minimum atomic E-state index is 0.745. The maximum Gasteiger partial charge on any atom is 0.137 e. The van der Waals surface area contributed by atoms with Crippen LogP contribution in [0.4, 0.5) is 11.5 Å². The third-order valence-corrected chi connectivity index (χ3v) is 5.05. The average molecular weight is 389 g/mol. The van der Waals surface area contributed by atoms with Gasteiger partial charge in [-0.1, -0.05) is 38.1 Å². The van der Waals surface area contributed by atoms with Gasteiger partial charge in [0, 0.05) is 30.4 Å². The first-order chi connectivity index (χ1) is 14.2. The molecule has 1 heterocycles. The molecule has 0 saturated heterocycles. The van der Waals surface area contributed by atoms with E-state index in [9.17, 15) is 0 Å². The van der Waals surface area contributed by atoms with E-state index in [1.807, 2.05) is 54.6 Å². The number of likely N-dealkylation sites (N-methyl/N-ethyl adjacent to an activating group) is 1. The summed E-state index contributed by atoms with van der Waals surface area (Å²) in [5, 5.41) is 0. The van der Waals surface area contributed by atoms with E-state index in [0.717, 1.165) is 60.3 Å². The number of hydrogen-bond acceptors (Lipinski definition) is 5. The van der Waals surface area contributed by atoms with E-state index in [0.29, 0.717) is 0 Å². The molecular formula is C24H28N4O. The first-order valence-electron chi connectivity index (χ1n) is 9.97. The van der Waals surface area contributed by atoms with Gasteiger partial charge in [-0.25, -0.2) is 9.97 Å². The van der Waals surface area contributed by atoms with Crippen LogP contribution in [0, 0.1) is 6.92 Å². The van der Waals surface area contributed by atoms with Gasteiger partial charge in [-0.3, -0.25) is 0 Å². The Morgan fingerprint density at radius 1 is 0.931 bits per heavy atom. The van der Waals surface area contributed by atoms with Crippen molar-refractivity contribution in [2.24, 2.45) is 0 Å². The van der Waals surface area contributed by atoms with Crippen LogP contribution in [-0.2, 0) is 0 Å². The van der Waals surface area contributed by atoms with Crippen molar-refractivity contribution < 1.29 is 4.74 Å². The van der Waals surface area contributed by atoms with Gasteiger partial charge in [0.1, 0.15) is 17.9 Å². The van der Waals surface area contributed by atoms with E-state index in [2.05, 4.69) is 33.6 Å². The Morgan fingerprint density at radius 3 is 2.34 bits per heavy atom. The van der Waals surface area contributed by atoms with Crippen molar-refractivity contribution in [3.8, 4) is 17.0 Å². The fraction of sp³-hybridized carbons (Fsp3) is 0.292. The smallest absolute Gasteiger partial charge is 0.137 e. The number of para-hydroxylation sites is 1. The minimum absolute atomic E-state index is 0.745. The Morgan fingerprint density at radius 2 is 1.66 bits per heavy atom. The normalized spacial score (nSPS) is 10.9. The molecule has 0 fully saturated rings. The molecule has 0 aliphatic heterocycles. The second kappa shape index (κ2) is 10.0. The summed E-state index contributed by atoms with van der Waals surface area (Å²) in [7, 11) is 1.67. The van der Waals surface area contributed by atoms with Crippen LogP contribution in [0.1, 0.15) is 19.4 Å². The number of aromatic nitrogens is 2. The molecule has 5 heteroatoms. The molecule has 1 aromatic heterocycles. The molecule has 0 aliphatic rings. The lowest BCUT2D eigenvalue weighted by Crippen LogP contribution is -2.33. The van der Waals surface area contributed by atoms with Crippen LogP contribution in [0.3, 0.4) is 0 Å². The van der Waals surface area contributed by atoms with Gasteiger partial charge in [-0.15, -0.1) is 0 Å². The lowest BCUT2D eigenvalue weighted by atomic mass is 10.1. The number of anilines is 2. The van der Waals surface area contributed by atoms with Crippen LogP contribution in [0.5, 0.6) is 5.75 Å². The molecule has 0 aliphatic carbocycles. The van der Waals surface area contributed by atoms with Crippen molar-refractivity contribution in [1.82, 2.24) is 14.9 Å². The highest BCUT2D eigenvalue weighted by Gasteiger charge is 2.15. The van der Waals surface area contributed by atoms with E-state index in [-0.39, 0.29) is 0 Å². The fourth-order valence-electron chi connectivity index (χ4n) is 3.31. The quantitative estimate of drug-likeness (QED) is 0.532. The molecule has 0 N–H and O–H groups in total. The van der Waals surface area contributed by atoms with Crippen molar-refractivity contribution in [2.75, 3.05) is 38.2 Å². The molecule has 3 rings (SSSR count). The topological polar surface area (TPSA) is 41.5 Å². The summed E-state index contributed by atoms with van der Waals surface area (Å²) in [6, 6.07) is 17.8. The molecular weight excluding hydrogens is 360 g/mol. The number of nitrogens with zero attached hydrogens (tertiary/aromatic N) is 4. The molecule has 0 saturated carbocycles. The van der Waals surface area contributed by atoms with E-state index < -0.39 is 0 Å². The Bertz CT molecular complexity index is 907. The van der Waals surface area contributed by atoms with Gasteiger partial charge < -0.3 is 14.5 Å². The molecule has 0 unspecified atom stereocenters. The number of rotatable bonds is 9. The summed E-state index contributed by atoms with van der Waals surface area (Å²) in [5.74, 6) is 1.64. The summed E-state index contributed by atoms with van der Waals surface area (Å²) in [4.78, 5) is 13.7. The van der Waals surface area contributed by atoms with Crippen molar-refractivity contribution in [3.05, 3.63) is 73.4 Å². The molecule has 150 valence electrons. The highest BCUT2D eigenvalue weighted by molar-refractivity contribution is 5.71. The molecule has 3 aromatic rings. The molecule has 2 radical (unpaired) electrons. The number of benzene rings is 2. The van der Waals surface area contributed by atoms with Crippen LogP contribution < -0.4 is 9.64 Å². The van der Waals surface area contributed by atoms with E-state index in [1.54, 1.807) is 13.4 Å². The van der Waals surface area contributed by atoms with Crippen molar-refractivity contribution in [1.29, 1.82) is 0 Å². The van der Waals surface area contributed by atoms with Crippen LogP contribution >= 0.6 is 0 Å². The number of methoxy groups -OCH3 is 1. The largest absolute Gasteiger partial charge is 0.496 e. The minimum Gasteiger partial charge on any atom is -0.496 e. The first kappa shape index (κ1) is 20.8. The summed E-state index contributed by atoms with van der Waals surface area (Å²) < 4.78 is 5.51. The van der Waals surface area contributed by atoms with Crippen molar-refractivity contribution >= 4 is 11.5 Å². The van der Waals surface area contributed by atoms with Gasteiger partial charge >= 0.3 is 0 Å². The summed E-state index contributed by atoms with van der Waals surface area (Å²) in [6.07, 6.45) is 1.61. The standard InChI is InChI=1S/C24H28N4O/c1-5-27(6-2)15-16-28(20-13-11-19(3)12-14-20)24-17-22(25-18-26-24)21-9-7-8-10-23(21)29-4/h3,7-14,17-18H,5-6,15-16H2,1-2,4H3. The second-order valence-corrected chi connectivity index (χ2v) is 6.73. The predicted octanol–water partition coefficient (Wildman–Crippen LogP) is 4.69. The Kier molecular flexibility index (Phi) is 7.19. The SMILES string of the molecule is [CH]c1ccc(N(CCN(CC)CC)c2cc(-c3ccccc3OC)ncn2)cc1. The summed E-state index contributed by atoms with van der Waals surface area (Å²) in [5.41, 5.74) is 3.57. The number of hydrogen-bond donors (Lipinski definition) is 0. The fourth-order valence-corrected chi connectivity index (χ4v) is 3.31. The highest BCUT2D eigenvalue weighted by atomic mass is 16.5. The van der Waals surface area contributed by atoms with E-state index in [4.69, 9.17) is 11.7 Å². The van der Waals surface area contributed by atoms with Gasteiger partial charge in [0.2, 0.25) is 0 Å². The van der Waals surface area contributed by atoms with Gasteiger partial charge in [0.15, 0.2) is 0 Å². The molecule has 0 atom stereocenters. The molecule has 0 bridgehead atoms. The van der Waals surface area contributed by atoms with Crippen LogP contribution in [-0.4, -0.2) is 48.2 Å². The van der Waals surface area contributed by atoms with Gasteiger partial charge in [-0.05, 0) is 49.8 Å². The zero-order chi connectivity index (χ0) is 20.6. The van der Waals surface area contributed by atoms with E-state index >= 15 is 0 Å². The Balaban J connectivity index is 1.97. The molecule has 29 heavy (non-hydrogen) atoms. The Hall–Kier alpha value is -2.92. The highest BCUT2D eigenvalue weighted by Crippen LogP contribution is 2.31. The predicted molar refractivity (Wildman–Crippen MR) is 119 cm³/mol. The lowest BCUT2D eigenvalue weighted by molar-refractivity contribution is 0.312. The Labute approximate surface area is 174 Å². The molecule has 0 amide bonds. The third kappa shape index (κ3) is 5.12. The monoisotopic (exact) mass is 388 g/mol. The molecule has 0 spiro atoms. The maximum absolute atomic E-state index is 5.90. The second-order valence-electron chi connectivity index (χ2n) is 6.73. The van der Waals surface area contributed by atoms with Crippen LogP contribution in [0.2, 0.25) is 0 Å². The van der Waals surface area contributed by atoms with Gasteiger partial charge in [0.05, 0.1) is 12.8 Å². The van der Waals surface area contributed by atoms with Crippen LogP contribution in [0.15, 0.2) is 60.9 Å². The van der Waals surface area contributed by atoms with Gasteiger partial charge in [0.25, 0.3) is 0 Å². The summed E-state index contributed by atoms with van der Waals surface area (Å²) >= 11 is 0. The average Bonchev–Trinajstić information content (AvgIpc) is 2.78. The van der Waals surface area contributed by atoms with Crippen LogP contribution in [0.25, 0.3) is 11.3 Å². The maximum atomic E-state index is 5.90. The molecule has 2 aromatic carbocycles. The lowest BCUT2D eigenvalue weighted by Gasteiger charge is -2.27. The zero-order valence-electron chi connectivity index (χ0n) is 17.4. The molecule has 5 nitrogen and oxygen atoms in total. The first-order valence-corrected chi connectivity index (χ1v) is 9.97. The van der Waals surface area contributed by atoms with Gasteiger partial charge in [-0.2, -0.15) is 0 Å². The summed E-state index contributed by atoms with van der Waals surface area (Å²) in [6.45, 7) is 14.0. The number of ether oxygens (including phenoxy) is 1. The zero-order valence-corrected chi connectivity index (χ0v) is 17.4.